The molecule has 0 aromatic heterocycles. The number of anilines is 2. The van der Waals surface area contributed by atoms with Crippen molar-refractivity contribution in [3.05, 3.63) is 60.1 Å². The largest absolute Gasteiger partial charge is 0.506 e. The van der Waals surface area contributed by atoms with Crippen LogP contribution in [0.5, 0.6) is 5.75 Å². The van der Waals surface area contributed by atoms with Gasteiger partial charge >= 0.3 is 10.2 Å². The lowest BCUT2D eigenvalue weighted by Crippen LogP contribution is -2.29. The first-order chi connectivity index (χ1) is 13.6. The number of nitrogen functional groups attached to an aromatic ring is 1. The Kier molecular flexibility index (Phi) is 5.59. The number of phenols is 1. The van der Waals surface area contributed by atoms with Crippen LogP contribution in [0.15, 0.2) is 59.4 Å². The van der Waals surface area contributed by atoms with E-state index >= 15 is 0 Å². The number of hydrogen-bond donors (Lipinski definition) is 5. The number of aliphatic hydroxyl groups excluding tert-OH is 1. The van der Waals surface area contributed by atoms with Crippen molar-refractivity contribution < 1.29 is 27.0 Å². The Balaban J connectivity index is 1.59. The molecule has 0 radical (unpaired) electrons. The van der Waals surface area contributed by atoms with Crippen LogP contribution in [-0.4, -0.2) is 33.6 Å². The minimum atomic E-state index is -3.99. The van der Waals surface area contributed by atoms with Gasteiger partial charge in [0.2, 0.25) is 15.9 Å². The van der Waals surface area contributed by atoms with Crippen molar-refractivity contribution in [2.24, 2.45) is 0 Å². The first-order valence-corrected chi connectivity index (χ1v) is 11.4. The topological polar surface area (TPSA) is 162 Å². The van der Waals surface area contributed by atoms with Crippen molar-refractivity contribution in [1.82, 2.24) is 9.44 Å². The van der Waals surface area contributed by atoms with E-state index in [1.807, 2.05) is 4.72 Å². The molecule has 1 aliphatic heterocycles. The van der Waals surface area contributed by atoms with Gasteiger partial charge in [0.05, 0.1) is 11.1 Å². The summed E-state index contributed by atoms with van der Waals surface area (Å²) in [6, 6.07) is 10.3. The molecule has 0 fully saturated rings. The van der Waals surface area contributed by atoms with Crippen LogP contribution in [0, 0.1) is 0 Å². The highest BCUT2D eigenvalue weighted by Crippen LogP contribution is 2.32. The quantitative estimate of drug-likeness (QED) is 0.315. The Bertz CT molecular complexity index is 1140. The molecule has 0 bridgehead atoms. The van der Waals surface area contributed by atoms with Gasteiger partial charge in [0.15, 0.2) is 0 Å². The van der Waals surface area contributed by atoms with E-state index < -0.39 is 26.1 Å². The van der Waals surface area contributed by atoms with Crippen molar-refractivity contribution in [2.75, 3.05) is 16.6 Å². The number of aliphatic hydroxyl groups is 1. The predicted octanol–water partition coefficient (Wildman–Crippen LogP) is 0.897. The Morgan fingerprint density at radius 2 is 1.79 bits per heavy atom. The van der Waals surface area contributed by atoms with Gasteiger partial charge in [0, 0.05) is 12.2 Å². The van der Waals surface area contributed by atoms with Crippen LogP contribution in [-0.2, 0) is 26.7 Å². The molecule has 156 valence electrons. The lowest BCUT2D eigenvalue weighted by Gasteiger charge is -2.16. The van der Waals surface area contributed by atoms with Gasteiger partial charge in [0.25, 0.3) is 0 Å². The molecule has 2 aromatic rings. The highest BCUT2D eigenvalue weighted by Gasteiger charge is 2.30. The molecule has 29 heavy (non-hydrogen) atoms. The zero-order valence-corrected chi connectivity index (χ0v) is 16.7. The van der Waals surface area contributed by atoms with Crippen LogP contribution in [0.2, 0.25) is 0 Å². The number of phenolic OH excluding ortho intramolecular Hbond substituents is 1. The molecule has 10 nitrogen and oxygen atoms in total. The Morgan fingerprint density at radius 3 is 2.38 bits per heavy atom. The third-order valence-electron chi connectivity index (χ3n) is 4.13. The maximum absolute atomic E-state index is 12.2. The summed E-state index contributed by atoms with van der Waals surface area (Å²) in [6.45, 7) is 0.177. The molecule has 1 heterocycles. The molecule has 0 aliphatic carbocycles. The van der Waals surface area contributed by atoms with Gasteiger partial charge in [-0.2, -0.15) is 8.42 Å². The van der Waals surface area contributed by atoms with Crippen LogP contribution < -0.4 is 19.5 Å². The monoisotopic (exact) mass is 440 g/mol. The molecule has 3 rings (SSSR count). The van der Waals surface area contributed by atoms with Crippen LogP contribution in [0.25, 0.3) is 0 Å². The van der Waals surface area contributed by atoms with E-state index in [9.17, 15) is 27.0 Å². The Morgan fingerprint density at radius 1 is 1.10 bits per heavy atom. The fraction of sp³-hybridized carbons (Fsp3) is 0.176. The molecule has 0 unspecified atom stereocenters. The second kappa shape index (κ2) is 7.81. The third kappa shape index (κ3) is 4.72. The van der Waals surface area contributed by atoms with Crippen LogP contribution >= 0.6 is 0 Å². The lowest BCUT2D eigenvalue weighted by atomic mass is 10.1. The number of sulfonamides is 1. The van der Waals surface area contributed by atoms with E-state index in [4.69, 9.17) is 5.73 Å². The van der Waals surface area contributed by atoms with Crippen molar-refractivity contribution in [3.8, 4) is 5.75 Å². The molecule has 0 spiro atoms. The van der Waals surface area contributed by atoms with Crippen molar-refractivity contribution in [2.45, 2.75) is 17.7 Å². The first kappa shape index (κ1) is 20.8. The molecule has 1 aliphatic rings. The summed E-state index contributed by atoms with van der Waals surface area (Å²) in [5.74, 6) is -0.844. The number of nitrogens with two attached hydrogens (primary N) is 1. The van der Waals surface area contributed by atoms with Crippen molar-refractivity contribution >= 4 is 31.6 Å². The summed E-state index contributed by atoms with van der Waals surface area (Å²) >= 11 is 0. The summed E-state index contributed by atoms with van der Waals surface area (Å²) in [5.41, 5.74) is 6.69. The number of rotatable bonds is 7. The molecular formula is C17H20N4O6S2. The molecule has 12 heteroatoms. The fourth-order valence-electron chi connectivity index (χ4n) is 2.73. The van der Waals surface area contributed by atoms with Gasteiger partial charge in [0.1, 0.15) is 11.4 Å². The number of aromatic hydroxyl groups is 1. The van der Waals surface area contributed by atoms with Gasteiger partial charge in [-0.3, -0.25) is 0 Å². The van der Waals surface area contributed by atoms with Crippen molar-refractivity contribution in [1.29, 1.82) is 0 Å². The minimum Gasteiger partial charge on any atom is -0.506 e. The smallest absolute Gasteiger partial charge is 0.330 e. The average molecular weight is 441 g/mol. The van der Waals surface area contributed by atoms with E-state index in [0.717, 1.165) is 10.5 Å². The first-order valence-electron chi connectivity index (χ1n) is 8.48. The maximum Gasteiger partial charge on any atom is 0.330 e. The summed E-state index contributed by atoms with van der Waals surface area (Å²) in [6.07, 6.45) is 1.84. The third-order valence-corrected chi connectivity index (χ3v) is 6.90. The van der Waals surface area contributed by atoms with Gasteiger partial charge < -0.3 is 15.9 Å². The summed E-state index contributed by atoms with van der Waals surface area (Å²) < 4.78 is 53.2. The molecule has 0 saturated heterocycles. The maximum atomic E-state index is 12.2. The Hall–Kier alpha value is -2.96. The Labute approximate surface area is 168 Å². The minimum absolute atomic E-state index is 0.0191. The number of benzene rings is 2. The molecule has 0 atom stereocenters. The van der Waals surface area contributed by atoms with Crippen molar-refractivity contribution in [3.63, 3.8) is 0 Å². The van der Waals surface area contributed by atoms with E-state index in [1.54, 1.807) is 6.07 Å². The van der Waals surface area contributed by atoms with E-state index in [0.29, 0.717) is 24.1 Å². The normalized spacial score (nSPS) is 15.7. The highest BCUT2D eigenvalue weighted by atomic mass is 32.2. The van der Waals surface area contributed by atoms with E-state index in [2.05, 4.69) is 4.72 Å². The molecule has 6 N–H and O–H groups in total. The van der Waals surface area contributed by atoms with E-state index in [1.165, 1.54) is 36.4 Å². The van der Waals surface area contributed by atoms with E-state index in [-0.39, 0.29) is 22.9 Å². The lowest BCUT2D eigenvalue weighted by molar-refractivity contribution is 0.392. The number of nitrogens with zero attached hydrogens (tertiary/aromatic N) is 1. The van der Waals surface area contributed by atoms with Gasteiger partial charge in [-0.15, -0.1) is 0 Å². The van der Waals surface area contributed by atoms with Gasteiger partial charge in [-0.05, 0) is 54.8 Å². The molecular weight excluding hydrogens is 420 g/mol. The molecule has 2 aromatic carbocycles. The predicted molar refractivity (Wildman–Crippen MR) is 108 cm³/mol. The SMILES string of the molecule is Nc1ccc(S(=O)(=O)NCCCc2ccc(N3C=C(O)NS3(=O)=O)c(O)c2)cc1. The number of hydrogen-bond acceptors (Lipinski definition) is 7. The number of nitrogens with one attached hydrogen (secondary N) is 2. The zero-order valence-electron chi connectivity index (χ0n) is 15.1. The average Bonchev–Trinajstić information content (AvgIpc) is 2.91. The summed E-state index contributed by atoms with van der Waals surface area (Å²) in [5, 5.41) is 19.5. The standard InChI is InChI=1S/C17H20N4O6S2/c18-13-4-6-14(7-5-13)28(24,25)19-9-1-2-12-3-8-15(16(22)10-12)21-11-17(23)20-29(21,26)27/h3-8,10-11,19-20,22-23H,1-2,9,18H2. The van der Waals surface area contributed by atoms with Crippen LogP contribution in [0.3, 0.4) is 0 Å². The summed E-state index contributed by atoms with van der Waals surface area (Å²) in [7, 11) is -7.64. The van der Waals surface area contributed by atoms with Gasteiger partial charge in [-0.1, -0.05) is 6.07 Å². The highest BCUT2D eigenvalue weighted by molar-refractivity contribution is 7.91. The second-order valence-electron chi connectivity index (χ2n) is 6.31. The summed E-state index contributed by atoms with van der Waals surface area (Å²) in [4.78, 5) is 0.116. The zero-order chi connectivity index (χ0) is 21.2. The molecule has 0 amide bonds. The fourth-order valence-corrected chi connectivity index (χ4v) is 4.87. The van der Waals surface area contributed by atoms with Crippen LogP contribution in [0.4, 0.5) is 11.4 Å². The second-order valence-corrected chi connectivity index (χ2v) is 9.63. The molecule has 0 saturated carbocycles. The number of aryl methyl sites for hydroxylation is 1. The van der Waals surface area contributed by atoms with Crippen LogP contribution in [0.1, 0.15) is 12.0 Å². The van der Waals surface area contributed by atoms with Gasteiger partial charge in [-0.25, -0.2) is 22.2 Å².